The number of anilines is 1. The first-order chi connectivity index (χ1) is 18.9. The lowest BCUT2D eigenvalue weighted by molar-refractivity contribution is -0.112. The number of carbonyl (C=O) groups is 2. The molecule has 0 bridgehead atoms. The van der Waals surface area contributed by atoms with E-state index in [0.29, 0.717) is 34.2 Å². The van der Waals surface area contributed by atoms with E-state index >= 15 is 0 Å². The molecule has 0 unspecified atom stereocenters. The van der Waals surface area contributed by atoms with Gasteiger partial charge in [0.05, 0.1) is 19.3 Å². The van der Waals surface area contributed by atoms with Crippen LogP contribution in [0.25, 0.3) is 16.8 Å². The van der Waals surface area contributed by atoms with Gasteiger partial charge in [0, 0.05) is 4.88 Å². The molecule has 39 heavy (non-hydrogen) atoms. The largest absolute Gasteiger partial charge is 0.493 e. The summed E-state index contributed by atoms with van der Waals surface area (Å²) in [6, 6.07) is 21.3. The van der Waals surface area contributed by atoms with Crippen LogP contribution in [-0.4, -0.2) is 25.6 Å². The first kappa shape index (κ1) is 27.4. The molecule has 0 aliphatic rings. The number of nitriles is 1. The van der Waals surface area contributed by atoms with Crippen molar-refractivity contribution in [2.45, 2.75) is 27.4 Å². The van der Waals surface area contributed by atoms with E-state index in [9.17, 15) is 14.9 Å². The first-order valence-corrected chi connectivity index (χ1v) is 13.2. The van der Waals surface area contributed by atoms with Crippen molar-refractivity contribution in [2.75, 3.05) is 19.0 Å². The monoisotopic (exact) mass is 540 g/mol. The number of hydrogen-bond acceptors (Lipinski definition) is 7. The summed E-state index contributed by atoms with van der Waals surface area (Å²) >= 11 is 1.26. The van der Waals surface area contributed by atoms with Crippen LogP contribution in [0, 0.1) is 25.2 Å². The van der Waals surface area contributed by atoms with Crippen molar-refractivity contribution in [3.63, 3.8) is 0 Å². The van der Waals surface area contributed by atoms with Gasteiger partial charge in [0.15, 0.2) is 11.5 Å². The Labute approximate surface area is 231 Å². The molecule has 0 radical (unpaired) electrons. The summed E-state index contributed by atoms with van der Waals surface area (Å²) in [5.41, 5.74) is 2.54. The van der Waals surface area contributed by atoms with Crippen LogP contribution in [0.2, 0.25) is 0 Å². The van der Waals surface area contributed by atoms with Gasteiger partial charge in [0.25, 0.3) is 5.91 Å². The third-order valence-corrected chi connectivity index (χ3v) is 7.34. The van der Waals surface area contributed by atoms with Gasteiger partial charge in [-0.2, -0.15) is 5.26 Å². The maximum absolute atomic E-state index is 13.0. The second kappa shape index (κ2) is 12.3. The summed E-state index contributed by atoms with van der Waals surface area (Å²) in [6.45, 7) is 5.94. The minimum absolute atomic E-state index is 0.125. The van der Waals surface area contributed by atoms with Crippen LogP contribution >= 0.6 is 11.3 Å². The van der Waals surface area contributed by atoms with E-state index in [2.05, 4.69) is 23.5 Å². The van der Waals surface area contributed by atoms with E-state index in [4.69, 9.17) is 14.2 Å². The van der Waals surface area contributed by atoms with E-state index in [0.717, 1.165) is 26.8 Å². The minimum Gasteiger partial charge on any atom is -0.493 e. The van der Waals surface area contributed by atoms with Crippen molar-refractivity contribution in [1.29, 1.82) is 5.26 Å². The Morgan fingerprint density at radius 3 is 2.56 bits per heavy atom. The summed E-state index contributed by atoms with van der Waals surface area (Å²) in [5, 5.41) is 15.0. The van der Waals surface area contributed by atoms with Crippen LogP contribution in [0.15, 0.2) is 66.2 Å². The highest BCUT2D eigenvalue weighted by molar-refractivity contribution is 7.16. The van der Waals surface area contributed by atoms with Gasteiger partial charge in [-0.15, -0.1) is 11.3 Å². The molecule has 4 aromatic rings. The van der Waals surface area contributed by atoms with Gasteiger partial charge in [-0.05, 0) is 66.4 Å². The Morgan fingerprint density at radius 1 is 1.05 bits per heavy atom. The van der Waals surface area contributed by atoms with Crippen molar-refractivity contribution in [2.24, 2.45) is 0 Å². The third-order valence-electron chi connectivity index (χ3n) is 6.22. The summed E-state index contributed by atoms with van der Waals surface area (Å²) in [7, 11) is 1.53. The SMILES string of the molecule is CCOC(=O)c1c(NC(=O)/C(C#N)=C/c2ccc(OCc3cccc4ccccc34)c(OC)c2)sc(C)c1C. The fourth-order valence-electron chi connectivity index (χ4n) is 4.12. The van der Waals surface area contributed by atoms with Gasteiger partial charge in [0.2, 0.25) is 0 Å². The number of fused-ring (bicyclic) bond motifs is 1. The summed E-state index contributed by atoms with van der Waals surface area (Å²) in [4.78, 5) is 26.3. The van der Waals surface area contributed by atoms with Crippen molar-refractivity contribution in [3.05, 3.63) is 93.4 Å². The number of carbonyl (C=O) groups excluding carboxylic acids is 2. The molecule has 0 aliphatic carbocycles. The normalized spacial score (nSPS) is 11.1. The van der Waals surface area contributed by atoms with Gasteiger partial charge in [-0.1, -0.05) is 48.5 Å². The molecule has 4 rings (SSSR count). The first-order valence-electron chi connectivity index (χ1n) is 12.3. The average molecular weight is 541 g/mol. The molecule has 0 saturated carbocycles. The van der Waals surface area contributed by atoms with Crippen LogP contribution in [0.4, 0.5) is 5.00 Å². The molecule has 3 aromatic carbocycles. The predicted molar refractivity (Wildman–Crippen MR) is 153 cm³/mol. The fourth-order valence-corrected chi connectivity index (χ4v) is 5.16. The zero-order chi connectivity index (χ0) is 27.9. The number of amides is 1. The van der Waals surface area contributed by atoms with E-state index in [1.54, 1.807) is 32.0 Å². The number of thiophene rings is 1. The standard InChI is InChI=1S/C31H28N2O5S/c1-5-37-31(35)28-19(2)20(3)39-30(28)33-29(34)24(17-32)15-21-13-14-26(27(16-21)36-4)38-18-23-11-8-10-22-9-6-7-12-25(22)23/h6-16H,5,18H2,1-4H3,(H,33,34)/b24-15+. The molecular formula is C31H28N2O5S. The third kappa shape index (κ3) is 6.11. The number of nitrogens with zero attached hydrogens (tertiary/aromatic N) is 1. The van der Waals surface area contributed by atoms with Crippen molar-refractivity contribution < 1.29 is 23.8 Å². The molecule has 8 heteroatoms. The number of benzene rings is 3. The number of ether oxygens (including phenoxy) is 3. The van der Waals surface area contributed by atoms with Crippen LogP contribution in [0.3, 0.4) is 0 Å². The quantitative estimate of drug-likeness (QED) is 0.142. The Morgan fingerprint density at radius 2 is 1.82 bits per heavy atom. The molecule has 1 heterocycles. The van der Waals surface area contributed by atoms with Gasteiger partial charge in [-0.25, -0.2) is 4.79 Å². The number of methoxy groups -OCH3 is 1. The van der Waals surface area contributed by atoms with E-state index in [1.807, 2.05) is 37.3 Å². The van der Waals surface area contributed by atoms with Crippen LogP contribution in [-0.2, 0) is 16.1 Å². The van der Waals surface area contributed by atoms with Gasteiger partial charge < -0.3 is 19.5 Å². The van der Waals surface area contributed by atoms with E-state index < -0.39 is 11.9 Å². The van der Waals surface area contributed by atoms with Crippen LogP contribution in [0.1, 0.15) is 38.8 Å². The lowest BCUT2D eigenvalue weighted by Crippen LogP contribution is -2.16. The maximum atomic E-state index is 13.0. The summed E-state index contributed by atoms with van der Waals surface area (Å²) in [6.07, 6.45) is 1.46. The Kier molecular flexibility index (Phi) is 8.64. The molecule has 0 aliphatic heterocycles. The molecule has 0 saturated heterocycles. The number of esters is 1. The van der Waals surface area contributed by atoms with E-state index in [-0.39, 0.29) is 12.2 Å². The topological polar surface area (TPSA) is 97.7 Å². The number of nitrogens with one attached hydrogen (secondary N) is 1. The smallest absolute Gasteiger partial charge is 0.341 e. The predicted octanol–water partition coefficient (Wildman–Crippen LogP) is 6.83. The van der Waals surface area contributed by atoms with Crippen LogP contribution < -0.4 is 14.8 Å². The number of aryl methyl sites for hydroxylation is 1. The molecule has 1 aromatic heterocycles. The van der Waals surface area contributed by atoms with Crippen molar-refractivity contribution >= 4 is 45.1 Å². The minimum atomic E-state index is -0.625. The molecule has 198 valence electrons. The highest BCUT2D eigenvalue weighted by Gasteiger charge is 2.23. The summed E-state index contributed by atoms with van der Waals surface area (Å²) in [5.74, 6) is -0.134. The zero-order valence-electron chi connectivity index (χ0n) is 22.2. The van der Waals surface area contributed by atoms with Crippen molar-refractivity contribution in [3.8, 4) is 17.6 Å². The summed E-state index contributed by atoms with van der Waals surface area (Å²) < 4.78 is 16.7. The Hall–Kier alpha value is -4.61. The molecule has 7 nitrogen and oxygen atoms in total. The zero-order valence-corrected chi connectivity index (χ0v) is 23.0. The molecule has 0 atom stereocenters. The molecule has 1 N–H and O–H groups in total. The fraction of sp³-hybridized carbons (Fsp3) is 0.194. The highest BCUT2D eigenvalue weighted by Crippen LogP contribution is 2.34. The van der Waals surface area contributed by atoms with Crippen LogP contribution in [0.5, 0.6) is 11.5 Å². The lowest BCUT2D eigenvalue weighted by atomic mass is 10.1. The molecule has 1 amide bonds. The molecular weight excluding hydrogens is 512 g/mol. The lowest BCUT2D eigenvalue weighted by Gasteiger charge is -2.13. The maximum Gasteiger partial charge on any atom is 0.341 e. The Bertz CT molecular complexity index is 1610. The molecule has 0 fully saturated rings. The van der Waals surface area contributed by atoms with Crippen molar-refractivity contribution in [1.82, 2.24) is 0 Å². The average Bonchev–Trinajstić information content (AvgIpc) is 3.22. The highest BCUT2D eigenvalue weighted by atomic mass is 32.1. The number of rotatable bonds is 9. The van der Waals surface area contributed by atoms with E-state index in [1.165, 1.54) is 24.5 Å². The molecule has 0 spiro atoms. The number of hydrogen-bond donors (Lipinski definition) is 1. The second-order valence-electron chi connectivity index (χ2n) is 8.67. The second-order valence-corrected chi connectivity index (χ2v) is 9.89. The Balaban J connectivity index is 1.54. The van der Waals surface area contributed by atoms with Gasteiger partial charge >= 0.3 is 5.97 Å². The van der Waals surface area contributed by atoms with Gasteiger partial charge in [0.1, 0.15) is 23.3 Å². The van der Waals surface area contributed by atoms with Gasteiger partial charge in [-0.3, -0.25) is 4.79 Å².